The van der Waals surface area contributed by atoms with Crippen molar-refractivity contribution < 1.29 is 23.9 Å². The summed E-state index contributed by atoms with van der Waals surface area (Å²) in [5.74, 6) is -1.61. The summed E-state index contributed by atoms with van der Waals surface area (Å²) in [5.41, 5.74) is 1.97. The number of benzene rings is 2. The third-order valence-electron chi connectivity index (χ3n) is 6.42. The first-order chi connectivity index (χ1) is 16.2. The van der Waals surface area contributed by atoms with Crippen LogP contribution in [-0.4, -0.2) is 30.3 Å². The largest absolute Gasteiger partial charge is 0.452 e. The van der Waals surface area contributed by atoms with Crippen LogP contribution in [0.3, 0.4) is 0 Å². The van der Waals surface area contributed by atoms with Gasteiger partial charge in [0.25, 0.3) is 5.91 Å². The van der Waals surface area contributed by atoms with Crippen LogP contribution in [0.5, 0.6) is 0 Å². The van der Waals surface area contributed by atoms with Gasteiger partial charge in [0.15, 0.2) is 6.61 Å². The highest BCUT2D eigenvalue weighted by atomic mass is 79.9. The molecular weight excluding hydrogens is 524 g/mol. The van der Waals surface area contributed by atoms with Gasteiger partial charge in [-0.15, -0.1) is 0 Å². The Bertz CT molecular complexity index is 1170. The lowest BCUT2D eigenvalue weighted by atomic mass is 9.76. The Kier molecular flexibility index (Phi) is 7.09. The van der Waals surface area contributed by atoms with E-state index < -0.39 is 18.5 Å². The molecule has 34 heavy (non-hydrogen) atoms. The Morgan fingerprint density at radius 3 is 2.50 bits per heavy atom. The quantitative estimate of drug-likeness (QED) is 0.414. The van der Waals surface area contributed by atoms with Crippen molar-refractivity contribution in [1.82, 2.24) is 0 Å². The molecule has 1 saturated carbocycles. The summed E-state index contributed by atoms with van der Waals surface area (Å²) in [7, 11) is 0. The minimum Gasteiger partial charge on any atom is -0.452 e. The van der Waals surface area contributed by atoms with Gasteiger partial charge in [0.1, 0.15) is 0 Å². The maximum atomic E-state index is 12.9. The molecule has 0 bridgehead atoms. The molecule has 2 aromatic carbocycles. The van der Waals surface area contributed by atoms with Gasteiger partial charge in [0.2, 0.25) is 11.8 Å². The van der Waals surface area contributed by atoms with Crippen LogP contribution in [0.15, 0.2) is 40.9 Å². The maximum Gasteiger partial charge on any atom is 0.338 e. The normalized spacial score (nSPS) is 21.9. The highest BCUT2D eigenvalue weighted by Gasteiger charge is 2.49. The molecule has 0 radical (unpaired) electrons. The number of nitrogens with one attached hydrogen (secondary N) is 1. The van der Waals surface area contributed by atoms with Crippen LogP contribution < -0.4 is 10.2 Å². The molecule has 7 nitrogen and oxygen atoms in total. The first kappa shape index (κ1) is 24.4. The number of fused-ring (bicyclic) bond motifs is 1. The lowest BCUT2D eigenvalue weighted by molar-refractivity contribution is -0.122. The van der Waals surface area contributed by atoms with E-state index in [4.69, 9.17) is 16.3 Å². The van der Waals surface area contributed by atoms with E-state index in [2.05, 4.69) is 28.2 Å². The third-order valence-corrected chi connectivity index (χ3v) is 7.62. The van der Waals surface area contributed by atoms with Gasteiger partial charge in [-0.05, 0) is 90.0 Å². The van der Waals surface area contributed by atoms with Gasteiger partial charge in [-0.3, -0.25) is 19.3 Å². The number of amides is 3. The van der Waals surface area contributed by atoms with E-state index in [-0.39, 0.29) is 29.2 Å². The van der Waals surface area contributed by atoms with Gasteiger partial charge in [-0.1, -0.05) is 18.5 Å². The van der Waals surface area contributed by atoms with Crippen LogP contribution in [0, 0.1) is 24.7 Å². The average Bonchev–Trinajstić information content (AvgIpc) is 3.05. The predicted octanol–water partition coefficient (Wildman–Crippen LogP) is 5.13. The molecule has 3 atom stereocenters. The molecule has 2 aliphatic rings. The van der Waals surface area contributed by atoms with Crippen molar-refractivity contribution in [2.75, 3.05) is 16.8 Å². The first-order valence-corrected chi connectivity index (χ1v) is 12.2. The predicted molar refractivity (Wildman–Crippen MR) is 132 cm³/mol. The second-order valence-corrected chi connectivity index (χ2v) is 10.2. The Balaban J connectivity index is 1.36. The zero-order valence-corrected chi connectivity index (χ0v) is 21.1. The molecule has 0 aromatic heterocycles. The second kappa shape index (κ2) is 9.88. The molecule has 2 aromatic rings. The molecule has 1 heterocycles. The molecule has 9 heteroatoms. The van der Waals surface area contributed by atoms with Crippen molar-refractivity contribution in [1.29, 1.82) is 0 Å². The lowest BCUT2D eigenvalue weighted by Gasteiger charge is -2.25. The molecular formula is C25H24BrClN2O5. The summed E-state index contributed by atoms with van der Waals surface area (Å²) >= 11 is 9.39. The smallest absolute Gasteiger partial charge is 0.338 e. The number of hydrogen-bond donors (Lipinski definition) is 1. The van der Waals surface area contributed by atoms with E-state index >= 15 is 0 Å². The fourth-order valence-electron chi connectivity index (χ4n) is 4.57. The van der Waals surface area contributed by atoms with Crippen LogP contribution in [0.4, 0.5) is 11.4 Å². The Hall–Kier alpha value is -2.71. The standard InChI is InChI=1S/C25H24BrClN2O5/c1-13-3-8-17-18(9-13)24(32)29(23(17)31)16-6-4-15(5-7-16)25(33)34-12-22(30)28-21-11-20(27)19(26)10-14(21)2/h4-7,10-11,13,17-18H,3,8-9,12H2,1-2H3,(H,28,30)/t13-,17-,18+/m1/s1. The van der Waals surface area contributed by atoms with E-state index in [1.54, 1.807) is 24.3 Å². The Morgan fingerprint density at radius 1 is 1.12 bits per heavy atom. The Morgan fingerprint density at radius 2 is 1.79 bits per heavy atom. The van der Waals surface area contributed by atoms with Crippen LogP contribution in [-0.2, 0) is 19.1 Å². The van der Waals surface area contributed by atoms with Gasteiger partial charge < -0.3 is 10.1 Å². The Labute approximate surface area is 210 Å². The molecule has 1 aliphatic heterocycles. The molecule has 0 unspecified atom stereocenters. The van der Waals surface area contributed by atoms with Crippen LogP contribution in [0.2, 0.25) is 5.02 Å². The van der Waals surface area contributed by atoms with Crippen molar-refractivity contribution in [2.45, 2.75) is 33.1 Å². The number of nitrogens with zero attached hydrogens (tertiary/aromatic N) is 1. The summed E-state index contributed by atoms with van der Waals surface area (Å²) < 4.78 is 5.82. The number of rotatable bonds is 5. The molecule has 178 valence electrons. The summed E-state index contributed by atoms with van der Waals surface area (Å²) in [6.07, 6.45) is 2.40. The molecule has 2 fully saturated rings. The number of anilines is 2. The van der Waals surface area contributed by atoms with Crippen LogP contribution in [0.1, 0.15) is 42.1 Å². The number of carbonyl (C=O) groups excluding carboxylic acids is 4. The highest BCUT2D eigenvalue weighted by Crippen LogP contribution is 2.42. The van der Waals surface area contributed by atoms with E-state index in [9.17, 15) is 19.2 Å². The summed E-state index contributed by atoms with van der Waals surface area (Å²) in [6, 6.07) is 9.47. The van der Waals surface area contributed by atoms with Crippen molar-refractivity contribution in [3.8, 4) is 0 Å². The minimum absolute atomic E-state index is 0.169. The van der Waals surface area contributed by atoms with Crippen molar-refractivity contribution in [2.24, 2.45) is 17.8 Å². The van der Waals surface area contributed by atoms with Gasteiger partial charge >= 0.3 is 5.97 Å². The topological polar surface area (TPSA) is 92.8 Å². The summed E-state index contributed by atoms with van der Waals surface area (Å²) in [4.78, 5) is 51.5. The van der Waals surface area contributed by atoms with Crippen molar-refractivity contribution in [3.63, 3.8) is 0 Å². The number of ether oxygens (including phenoxy) is 1. The van der Waals surface area contributed by atoms with Crippen molar-refractivity contribution in [3.05, 3.63) is 57.0 Å². The molecule has 1 saturated heterocycles. The van der Waals surface area contributed by atoms with Gasteiger partial charge in [-0.2, -0.15) is 0 Å². The fraction of sp³-hybridized carbons (Fsp3) is 0.360. The number of aryl methyl sites for hydroxylation is 1. The summed E-state index contributed by atoms with van der Waals surface area (Å²) in [6.45, 7) is 3.44. The van der Waals surface area contributed by atoms with E-state index in [1.165, 1.54) is 17.0 Å². The summed E-state index contributed by atoms with van der Waals surface area (Å²) in [5, 5.41) is 3.11. The monoisotopic (exact) mass is 546 g/mol. The average molecular weight is 548 g/mol. The molecule has 0 spiro atoms. The second-order valence-electron chi connectivity index (χ2n) is 8.90. The van der Waals surface area contributed by atoms with Crippen molar-refractivity contribution >= 4 is 62.6 Å². The van der Waals surface area contributed by atoms with E-state index in [0.717, 1.165) is 24.8 Å². The zero-order chi connectivity index (χ0) is 24.6. The number of carbonyl (C=O) groups is 4. The number of esters is 1. The molecule has 1 aliphatic carbocycles. The SMILES string of the molecule is Cc1cc(Br)c(Cl)cc1NC(=O)COC(=O)c1ccc(N2C(=O)[C@H]3C[C@H](C)CC[C@H]3C2=O)cc1. The first-order valence-electron chi connectivity index (χ1n) is 11.1. The lowest BCUT2D eigenvalue weighted by Crippen LogP contribution is -2.30. The highest BCUT2D eigenvalue weighted by molar-refractivity contribution is 9.10. The third kappa shape index (κ3) is 4.88. The zero-order valence-electron chi connectivity index (χ0n) is 18.8. The molecule has 1 N–H and O–H groups in total. The number of halogens is 2. The molecule has 4 rings (SSSR count). The number of imide groups is 1. The molecule has 3 amide bonds. The maximum absolute atomic E-state index is 12.9. The van der Waals surface area contributed by atoms with Crippen LogP contribution in [0.25, 0.3) is 0 Å². The van der Waals surface area contributed by atoms with E-state index in [0.29, 0.717) is 26.8 Å². The fourth-order valence-corrected chi connectivity index (χ4v) is 5.19. The van der Waals surface area contributed by atoms with E-state index in [1.807, 2.05) is 6.92 Å². The number of hydrogen-bond acceptors (Lipinski definition) is 5. The van der Waals surface area contributed by atoms with Gasteiger partial charge in [0.05, 0.1) is 28.1 Å². The van der Waals surface area contributed by atoms with Gasteiger partial charge in [0, 0.05) is 10.2 Å². The minimum atomic E-state index is -0.686. The van der Waals surface area contributed by atoms with Gasteiger partial charge in [-0.25, -0.2) is 4.79 Å². The van der Waals surface area contributed by atoms with Crippen LogP contribution >= 0.6 is 27.5 Å².